The van der Waals surface area contributed by atoms with Gasteiger partial charge >= 0.3 is 17.8 Å². The zero-order valence-electron chi connectivity index (χ0n) is 8.06. The molecule has 0 radical (unpaired) electrons. The van der Waals surface area contributed by atoms with Gasteiger partial charge in [-0.3, -0.25) is 0 Å². The van der Waals surface area contributed by atoms with Crippen LogP contribution in [-0.4, -0.2) is 35.6 Å². The molecule has 88 valence electrons. The quantitative estimate of drug-likeness (QED) is 0.450. The summed E-state index contributed by atoms with van der Waals surface area (Å²) in [5, 5.41) is 9.03. The Balaban J connectivity index is 5.36. The van der Waals surface area contributed by atoms with E-state index in [4.69, 9.17) is 5.11 Å². The number of aliphatic hydroxyl groups is 1. The second-order valence-corrected chi connectivity index (χ2v) is 2.97. The number of hydrogen-bond acceptors (Lipinski definition) is 3. The lowest BCUT2D eigenvalue weighted by molar-refractivity contribution is -0.268. The molecule has 0 aromatic rings. The molecular formula is C8H10F4O3. The van der Waals surface area contributed by atoms with Crippen LogP contribution >= 0.6 is 0 Å². The van der Waals surface area contributed by atoms with Crippen LogP contribution in [0.5, 0.6) is 0 Å². The van der Waals surface area contributed by atoms with E-state index in [9.17, 15) is 22.4 Å². The lowest BCUT2D eigenvalue weighted by Gasteiger charge is -2.33. The smallest absolute Gasteiger partial charge is 0.352 e. The Morgan fingerprint density at radius 3 is 2.07 bits per heavy atom. The summed E-state index contributed by atoms with van der Waals surface area (Å²) in [7, 11) is 0.693. The van der Waals surface area contributed by atoms with Crippen LogP contribution < -0.4 is 0 Å². The van der Waals surface area contributed by atoms with Crippen LogP contribution in [0.4, 0.5) is 17.6 Å². The van der Waals surface area contributed by atoms with Crippen LogP contribution in [0.15, 0.2) is 12.7 Å². The first-order valence-corrected chi connectivity index (χ1v) is 3.74. The maximum absolute atomic E-state index is 13.0. The molecule has 3 nitrogen and oxygen atoms in total. The molecule has 0 aromatic carbocycles. The van der Waals surface area contributed by atoms with E-state index >= 15 is 0 Å². The van der Waals surface area contributed by atoms with Crippen LogP contribution in [-0.2, 0) is 9.53 Å². The Morgan fingerprint density at radius 1 is 1.40 bits per heavy atom. The van der Waals surface area contributed by atoms with Gasteiger partial charge in [-0.25, -0.2) is 4.79 Å². The molecule has 0 aliphatic carbocycles. The van der Waals surface area contributed by atoms with Gasteiger partial charge in [0.25, 0.3) is 0 Å². The summed E-state index contributed by atoms with van der Waals surface area (Å²) in [6.45, 7) is 2.75. The number of rotatable bonds is 4. The maximum atomic E-state index is 13.0. The summed E-state index contributed by atoms with van der Waals surface area (Å²) in [6, 6.07) is 0. The molecule has 0 saturated carbocycles. The largest absolute Gasteiger partial charge is 0.467 e. The lowest BCUT2D eigenvalue weighted by Crippen LogP contribution is -2.60. The van der Waals surface area contributed by atoms with Gasteiger partial charge in [0.1, 0.15) is 0 Å². The Morgan fingerprint density at radius 2 is 1.80 bits per heavy atom. The van der Waals surface area contributed by atoms with E-state index in [2.05, 4.69) is 11.3 Å². The standard InChI is InChI=1S/C8H10F4O3/c1-4-7(9,10)8(11,12)6(2,14)5(13)15-3/h4,14H,1H2,2-3H3. The number of carbonyl (C=O) groups is 1. The Kier molecular flexibility index (Phi) is 3.52. The predicted molar refractivity (Wildman–Crippen MR) is 42.7 cm³/mol. The highest BCUT2D eigenvalue weighted by Gasteiger charge is 2.69. The summed E-state index contributed by atoms with van der Waals surface area (Å²) in [5.74, 6) is -11.6. The average molecular weight is 230 g/mol. The number of esters is 1. The Hall–Kier alpha value is -1.11. The average Bonchev–Trinajstić information content (AvgIpc) is 2.15. The number of hydrogen-bond donors (Lipinski definition) is 1. The van der Waals surface area contributed by atoms with Crippen molar-refractivity contribution < 1.29 is 32.2 Å². The molecule has 0 amide bonds. The van der Waals surface area contributed by atoms with E-state index in [1.165, 1.54) is 0 Å². The molecule has 1 unspecified atom stereocenters. The van der Waals surface area contributed by atoms with Crippen LogP contribution in [0.1, 0.15) is 6.92 Å². The van der Waals surface area contributed by atoms with Gasteiger partial charge in [-0.15, -0.1) is 0 Å². The number of ether oxygens (including phenoxy) is 1. The van der Waals surface area contributed by atoms with Gasteiger partial charge in [-0.1, -0.05) is 6.58 Å². The highest BCUT2D eigenvalue weighted by atomic mass is 19.3. The first-order chi connectivity index (χ1) is 6.54. The van der Waals surface area contributed by atoms with E-state index < -0.39 is 23.4 Å². The first kappa shape index (κ1) is 13.9. The molecule has 15 heavy (non-hydrogen) atoms. The number of methoxy groups -OCH3 is 1. The summed E-state index contributed by atoms with van der Waals surface area (Å²) in [4.78, 5) is 10.7. The van der Waals surface area contributed by atoms with E-state index in [1.807, 2.05) is 0 Å². The van der Waals surface area contributed by atoms with Crippen molar-refractivity contribution in [3.63, 3.8) is 0 Å². The summed E-state index contributed by atoms with van der Waals surface area (Å²) >= 11 is 0. The third kappa shape index (κ3) is 1.97. The molecule has 0 rings (SSSR count). The highest BCUT2D eigenvalue weighted by molar-refractivity contribution is 5.80. The molecule has 1 atom stereocenters. The first-order valence-electron chi connectivity index (χ1n) is 3.74. The third-order valence-corrected chi connectivity index (χ3v) is 1.87. The van der Waals surface area contributed by atoms with Gasteiger partial charge in [-0.05, 0) is 13.0 Å². The van der Waals surface area contributed by atoms with Crippen LogP contribution in [0.2, 0.25) is 0 Å². The zero-order chi connectivity index (χ0) is 12.5. The van der Waals surface area contributed by atoms with E-state index in [1.54, 1.807) is 0 Å². The summed E-state index contributed by atoms with van der Waals surface area (Å²) in [6.07, 6.45) is -0.343. The van der Waals surface area contributed by atoms with Crippen molar-refractivity contribution in [1.29, 1.82) is 0 Å². The number of carbonyl (C=O) groups excluding carboxylic acids is 1. The SMILES string of the molecule is C=CC(F)(F)C(F)(F)C(C)(O)C(=O)OC. The third-order valence-electron chi connectivity index (χ3n) is 1.87. The molecular weight excluding hydrogens is 220 g/mol. The summed E-state index contributed by atoms with van der Waals surface area (Å²) in [5.41, 5.74) is -3.63. The van der Waals surface area contributed by atoms with Crippen molar-refractivity contribution in [3.05, 3.63) is 12.7 Å². The number of alkyl halides is 4. The minimum atomic E-state index is -5.01. The van der Waals surface area contributed by atoms with Crippen LogP contribution in [0.3, 0.4) is 0 Å². The zero-order valence-corrected chi connectivity index (χ0v) is 8.06. The minimum absolute atomic E-state index is 0.246. The summed E-state index contributed by atoms with van der Waals surface area (Å²) < 4.78 is 55.3. The topological polar surface area (TPSA) is 46.5 Å². The number of halogens is 4. The van der Waals surface area contributed by atoms with E-state index in [0.717, 1.165) is 0 Å². The molecule has 0 spiro atoms. The van der Waals surface area contributed by atoms with Crippen molar-refractivity contribution >= 4 is 5.97 Å². The molecule has 7 heteroatoms. The van der Waals surface area contributed by atoms with Crippen molar-refractivity contribution in [3.8, 4) is 0 Å². The van der Waals surface area contributed by atoms with Gasteiger partial charge in [0, 0.05) is 0 Å². The number of allylic oxidation sites excluding steroid dienone is 1. The fourth-order valence-corrected chi connectivity index (χ4v) is 0.780. The van der Waals surface area contributed by atoms with Gasteiger partial charge in [-0.2, -0.15) is 17.6 Å². The van der Waals surface area contributed by atoms with Crippen LogP contribution in [0.25, 0.3) is 0 Å². The fraction of sp³-hybridized carbons (Fsp3) is 0.625. The van der Waals surface area contributed by atoms with Crippen LogP contribution in [0, 0.1) is 0 Å². The fourth-order valence-electron chi connectivity index (χ4n) is 0.780. The van der Waals surface area contributed by atoms with Gasteiger partial charge in [0.2, 0.25) is 5.60 Å². The van der Waals surface area contributed by atoms with Crippen molar-refractivity contribution in [2.45, 2.75) is 24.4 Å². The molecule has 0 bridgehead atoms. The monoisotopic (exact) mass is 230 g/mol. The minimum Gasteiger partial charge on any atom is -0.467 e. The Labute approximate surface area is 83.3 Å². The van der Waals surface area contributed by atoms with Gasteiger partial charge in [0.15, 0.2) is 0 Å². The van der Waals surface area contributed by atoms with Crippen molar-refractivity contribution in [2.24, 2.45) is 0 Å². The normalized spacial score (nSPS) is 16.7. The van der Waals surface area contributed by atoms with Crippen molar-refractivity contribution in [1.82, 2.24) is 0 Å². The molecule has 0 aliphatic heterocycles. The predicted octanol–water partition coefficient (Wildman–Crippen LogP) is 1.37. The van der Waals surface area contributed by atoms with E-state index in [0.29, 0.717) is 7.11 Å². The molecule has 0 heterocycles. The maximum Gasteiger partial charge on any atom is 0.352 e. The molecule has 0 aliphatic rings. The van der Waals surface area contributed by atoms with Gasteiger partial charge in [0.05, 0.1) is 7.11 Å². The molecule has 1 N–H and O–H groups in total. The lowest BCUT2D eigenvalue weighted by atomic mass is 9.92. The molecule has 0 fully saturated rings. The second-order valence-electron chi connectivity index (χ2n) is 2.97. The highest BCUT2D eigenvalue weighted by Crippen LogP contribution is 2.43. The van der Waals surface area contributed by atoms with E-state index in [-0.39, 0.29) is 13.0 Å². The van der Waals surface area contributed by atoms with Gasteiger partial charge < -0.3 is 9.84 Å². The molecule has 0 aromatic heterocycles. The Bertz CT molecular complexity index is 273. The molecule has 0 saturated heterocycles. The second kappa shape index (κ2) is 3.80. The van der Waals surface area contributed by atoms with Crippen molar-refractivity contribution in [2.75, 3.05) is 7.11 Å².